The second-order valence-electron chi connectivity index (χ2n) is 3.36. The summed E-state index contributed by atoms with van der Waals surface area (Å²) in [4.78, 5) is 0. The number of benzene rings is 1. The molecule has 13 heavy (non-hydrogen) atoms. The van der Waals surface area contributed by atoms with Gasteiger partial charge >= 0.3 is 0 Å². The van der Waals surface area contributed by atoms with Gasteiger partial charge in [-0.05, 0) is 30.0 Å². The zero-order valence-corrected chi connectivity index (χ0v) is 8.04. The van der Waals surface area contributed by atoms with Gasteiger partial charge in [-0.3, -0.25) is 0 Å². The van der Waals surface area contributed by atoms with E-state index in [0.29, 0.717) is 11.7 Å². The largest absolute Gasteiger partial charge is 0.508 e. The van der Waals surface area contributed by atoms with Gasteiger partial charge in [0.2, 0.25) is 0 Å². The summed E-state index contributed by atoms with van der Waals surface area (Å²) in [5.74, 6) is 3.35. The fourth-order valence-electron chi connectivity index (χ4n) is 1.28. The van der Waals surface area contributed by atoms with Crippen LogP contribution in [0.4, 0.5) is 0 Å². The first kappa shape index (κ1) is 9.67. The van der Waals surface area contributed by atoms with Crippen LogP contribution in [0.2, 0.25) is 0 Å². The molecular weight excluding hydrogens is 160 g/mol. The van der Waals surface area contributed by atoms with E-state index in [9.17, 15) is 5.11 Å². The van der Waals surface area contributed by atoms with Crippen molar-refractivity contribution < 1.29 is 5.11 Å². The number of aryl methyl sites for hydroxylation is 1. The summed E-state index contributed by atoms with van der Waals surface area (Å²) in [6.07, 6.45) is 5.98. The van der Waals surface area contributed by atoms with Crippen molar-refractivity contribution >= 4 is 0 Å². The Labute approximate surface area is 79.4 Å². The van der Waals surface area contributed by atoms with Gasteiger partial charge in [-0.1, -0.05) is 19.1 Å². The van der Waals surface area contributed by atoms with Crippen LogP contribution in [0.5, 0.6) is 5.75 Å². The van der Waals surface area contributed by atoms with Gasteiger partial charge in [0.05, 0.1) is 0 Å². The highest BCUT2D eigenvalue weighted by atomic mass is 16.3. The normalized spacial score (nSPS) is 12.1. The second kappa shape index (κ2) is 4.00. The molecule has 0 aliphatic heterocycles. The lowest BCUT2D eigenvalue weighted by Crippen LogP contribution is -1.92. The predicted octanol–water partition coefficient (Wildman–Crippen LogP) is 2.83. The van der Waals surface area contributed by atoms with E-state index in [0.717, 1.165) is 12.0 Å². The number of terminal acetylenes is 1. The van der Waals surface area contributed by atoms with E-state index in [1.54, 1.807) is 6.07 Å². The van der Waals surface area contributed by atoms with Crippen molar-refractivity contribution in [2.45, 2.75) is 26.2 Å². The van der Waals surface area contributed by atoms with Crippen molar-refractivity contribution in [1.82, 2.24) is 0 Å². The molecule has 1 aromatic rings. The second-order valence-corrected chi connectivity index (χ2v) is 3.36. The smallest absolute Gasteiger partial charge is 0.118 e. The monoisotopic (exact) mass is 174 g/mol. The standard InChI is InChI=1S/C12H14O/c1-4-5-9(2)11-6-7-12(13)10(3)8-11/h1,6-9,13H,5H2,2-3H3. The molecule has 0 saturated heterocycles. The van der Waals surface area contributed by atoms with Gasteiger partial charge in [-0.15, -0.1) is 12.3 Å². The van der Waals surface area contributed by atoms with Crippen LogP contribution in [0.15, 0.2) is 18.2 Å². The SMILES string of the molecule is C#CCC(C)c1ccc(O)c(C)c1. The van der Waals surface area contributed by atoms with Crippen molar-refractivity contribution in [2.75, 3.05) is 0 Å². The summed E-state index contributed by atoms with van der Waals surface area (Å²) in [7, 11) is 0. The lowest BCUT2D eigenvalue weighted by molar-refractivity contribution is 0.470. The summed E-state index contributed by atoms with van der Waals surface area (Å²) in [6.45, 7) is 3.98. The van der Waals surface area contributed by atoms with Crippen LogP contribution >= 0.6 is 0 Å². The average molecular weight is 174 g/mol. The van der Waals surface area contributed by atoms with E-state index >= 15 is 0 Å². The van der Waals surface area contributed by atoms with Gasteiger partial charge in [-0.2, -0.15) is 0 Å². The Kier molecular flexibility index (Phi) is 2.97. The molecule has 1 atom stereocenters. The molecule has 0 saturated carbocycles. The molecule has 0 heterocycles. The Morgan fingerprint density at radius 1 is 1.54 bits per heavy atom. The molecule has 0 fully saturated rings. The zero-order chi connectivity index (χ0) is 9.84. The van der Waals surface area contributed by atoms with Gasteiger partial charge < -0.3 is 5.11 Å². The summed E-state index contributed by atoms with van der Waals surface area (Å²) < 4.78 is 0. The number of phenolic OH excluding ortho intramolecular Hbond substituents is 1. The van der Waals surface area contributed by atoms with Crippen LogP contribution < -0.4 is 0 Å². The van der Waals surface area contributed by atoms with E-state index < -0.39 is 0 Å². The van der Waals surface area contributed by atoms with E-state index in [-0.39, 0.29) is 0 Å². The molecule has 0 spiro atoms. The maximum Gasteiger partial charge on any atom is 0.118 e. The minimum Gasteiger partial charge on any atom is -0.508 e. The maximum absolute atomic E-state index is 9.32. The number of hydrogen-bond acceptors (Lipinski definition) is 1. The fourth-order valence-corrected chi connectivity index (χ4v) is 1.28. The van der Waals surface area contributed by atoms with Crippen molar-refractivity contribution in [2.24, 2.45) is 0 Å². The highest BCUT2D eigenvalue weighted by molar-refractivity contribution is 5.36. The molecule has 0 radical (unpaired) electrons. The lowest BCUT2D eigenvalue weighted by atomic mass is 9.96. The van der Waals surface area contributed by atoms with Crippen molar-refractivity contribution in [3.63, 3.8) is 0 Å². The molecule has 1 unspecified atom stereocenters. The zero-order valence-electron chi connectivity index (χ0n) is 8.04. The quantitative estimate of drug-likeness (QED) is 0.683. The van der Waals surface area contributed by atoms with Gasteiger partial charge in [0.25, 0.3) is 0 Å². The van der Waals surface area contributed by atoms with Gasteiger partial charge in [0, 0.05) is 6.42 Å². The number of phenols is 1. The van der Waals surface area contributed by atoms with Crippen LogP contribution in [0.1, 0.15) is 30.4 Å². The summed E-state index contributed by atoms with van der Waals surface area (Å²) in [5, 5.41) is 9.32. The molecule has 1 heteroatoms. The number of hydrogen-bond donors (Lipinski definition) is 1. The summed E-state index contributed by atoms with van der Waals surface area (Å²) in [6, 6.07) is 5.62. The number of rotatable bonds is 2. The lowest BCUT2D eigenvalue weighted by Gasteiger charge is -2.09. The van der Waals surface area contributed by atoms with Crippen molar-refractivity contribution in [3.8, 4) is 18.1 Å². The third-order valence-electron chi connectivity index (χ3n) is 2.21. The van der Waals surface area contributed by atoms with E-state index in [4.69, 9.17) is 6.42 Å². The Morgan fingerprint density at radius 2 is 2.23 bits per heavy atom. The molecule has 0 bridgehead atoms. The van der Waals surface area contributed by atoms with Crippen LogP contribution in [-0.2, 0) is 0 Å². The Morgan fingerprint density at radius 3 is 2.77 bits per heavy atom. The average Bonchev–Trinajstić information content (AvgIpc) is 2.10. The van der Waals surface area contributed by atoms with Crippen LogP contribution in [0, 0.1) is 19.3 Å². The molecule has 1 nitrogen and oxygen atoms in total. The summed E-state index contributed by atoms with van der Waals surface area (Å²) in [5.41, 5.74) is 2.09. The van der Waals surface area contributed by atoms with E-state index in [1.807, 2.05) is 19.1 Å². The molecular formula is C12H14O. The first-order valence-electron chi connectivity index (χ1n) is 4.38. The molecule has 0 aliphatic carbocycles. The van der Waals surface area contributed by atoms with Crippen LogP contribution in [0.25, 0.3) is 0 Å². The van der Waals surface area contributed by atoms with Crippen molar-refractivity contribution in [3.05, 3.63) is 29.3 Å². The topological polar surface area (TPSA) is 20.2 Å². The van der Waals surface area contributed by atoms with Gasteiger partial charge in [0.15, 0.2) is 0 Å². The first-order valence-corrected chi connectivity index (χ1v) is 4.38. The van der Waals surface area contributed by atoms with E-state index in [1.165, 1.54) is 5.56 Å². The van der Waals surface area contributed by atoms with E-state index in [2.05, 4.69) is 12.8 Å². The van der Waals surface area contributed by atoms with Gasteiger partial charge in [-0.25, -0.2) is 0 Å². The van der Waals surface area contributed by atoms with Gasteiger partial charge in [0.1, 0.15) is 5.75 Å². The highest BCUT2D eigenvalue weighted by Crippen LogP contribution is 2.24. The minimum atomic E-state index is 0.344. The third kappa shape index (κ3) is 2.26. The third-order valence-corrected chi connectivity index (χ3v) is 2.21. The van der Waals surface area contributed by atoms with Crippen LogP contribution in [-0.4, -0.2) is 5.11 Å². The Bertz CT molecular complexity index is 333. The Hall–Kier alpha value is -1.42. The highest BCUT2D eigenvalue weighted by Gasteiger charge is 2.05. The molecule has 1 aromatic carbocycles. The van der Waals surface area contributed by atoms with Crippen LogP contribution in [0.3, 0.4) is 0 Å². The first-order chi connectivity index (χ1) is 6.15. The molecule has 1 rings (SSSR count). The molecule has 68 valence electrons. The molecule has 0 amide bonds. The Balaban J connectivity index is 2.91. The van der Waals surface area contributed by atoms with Crippen molar-refractivity contribution in [1.29, 1.82) is 0 Å². The number of aromatic hydroxyl groups is 1. The maximum atomic E-state index is 9.32. The molecule has 1 N–H and O–H groups in total. The predicted molar refractivity (Wildman–Crippen MR) is 54.7 cm³/mol. The fraction of sp³-hybridized carbons (Fsp3) is 0.333. The molecule has 0 aromatic heterocycles. The molecule has 0 aliphatic rings. The minimum absolute atomic E-state index is 0.344. The summed E-state index contributed by atoms with van der Waals surface area (Å²) >= 11 is 0.